The van der Waals surface area contributed by atoms with E-state index in [1.165, 1.54) is 39.5 Å². The zero-order valence-electron chi connectivity index (χ0n) is 18.6. The maximum Gasteiger partial charge on any atom is 0.326 e. The largest absolute Gasteiger partial charge is 0.507 e. The standard InChI is InChI=1S/C23H24Cl2N2O7S/c24-16-11-14(22(29)27-10-4-5-18(27)23(30)31)12-17(25)21(16)34-15-6-7-19(28)20(13-15)35(32,33)26-8-2-1-3-9-26/h6-7,11-13,18,28H,1-5,8-10H2,(H,30,31)/t18-/m0/s1. The van der Waals surface area contributed by atoms with Gasteiger partial charge in [-0.05, 0) is 49.9 Å². The molecule has 0 spiro atoms. The molecule has 1 amide bonds. The van der Waals surface area contributed by atoms with Gasteiger partial charge in [-0.15, -0.1) is 0 Å². The van der Waals surface area contributed by atoms with Crippen molar-refractivity contribution in [3.63, 3.8) is 0 Å². The molecule has 12 heteroatoms. The van der Waals surface area contributed by atoms with E-state index in [9.17, 15) is 28.2 Å². The summed E-state index contributed by atoms with van der Waals surface area (Å²) in [6, 6.07) is 5.53. The van der Waals surface area contributed by atoms with Crippen molar-refractivity contribution in [3.05, 3.63) is 45.9 Å². The van der Waals surface area contributed by atoms with E-state index in [1.807, 2.05) is 0 Å². The van der Waals surface area contributed by atoms with Crippen LogP contribution in [0.4, 0.5) is 0 Å². The number of benzene rings is 2. The van der Waals surface area contributed by atoms with Crippen LogP contribution in [0.2, 0.25) is 10.0 Å². The first kappa shape index (κ1) is 25.6. The number of hydrogen-bond donors (Lipinski definition) is 2. The fourth-order valence-corrected chi connectivity index (χ4v) is 6.52. The lowest BCUT2D eigenvalue weighted by atomic mass is 10.1. The van der Waals surface area contributed by atoms with Gasteiger partial charge in [0.15, 0.2) is 5.75 Å². The van der Waals surface area contributed by atoms with Crippen LogP contribution in [0, 0.1) is 0 Å². The lowest BCUT2D eigenvalue weighted by molar-refractivity contribution is -0.141. The second-order valence-corrected chi connectivity index (χ2v) is 11.2. The number of carboxylic acid groups (broad SMARTS) is 1. The molecule has 2 aromatic rings. The third-order valence-electron chi connectivity index (χ3n) is 6.13. The monoisotopic (exact) mass is 542 g/mol. The van der Waals surface area contributed by atoms with Gasteiger partial charge in [0, 0.05) is 31.3 Å². The summed E-state index contributed by atoms with van der Waals surface area (Å²) in [5.41, 5.74) is 0.111. The Morgan fingerprint density at radius 3 is 2.26 bits per heavy atom. The van der Waals surface area contributed by atoms with Gasteiger partial charge in [0.2, 0.25) is 10.0 Å². The fourth-order valence-electron chi connectivity index (χ4n) is 4.34. The number of sulfonamides is 1. The van der Waals surface area contributed by atoms with Crippen molar-refractivity contribution in [1.29, 1.82) is 0 Å². The highest BCUT2D eigenvalue weighted by atomic mass is 35.5. The van der Waals surface area contributed by atoms with Crippen LogP contribution < -0.4 is 4.74 Å². The maximum atomic E-state index is 13.0. The SMILES string of the molecule is O=C(O)[C@@H]1CCCN1C(=O)c1cc(Cl)c(Oc2ccc(O)c(S(=O)(=O)N3CCCCC3)c2)c(Cl)c1. The number of carbonyl (C=O) groups excluding carboxylic acids is 1. The molecule has 188 valence electrons. The van der Waals surface area contributed by atoms with E-state index in [4.69, 9.17) is 27.9 Å². The van der Waals surface area contributed by atoms with Crippen molar-refractivity contribution < 1.29 is 33.0 Å². The summed E-state index contributed by atoms with van der Waals surface area (Å²) in [4.78, 5) is 25.3. The van der Waals surface area contributed by atoms with Crippen molar-refractivity contribution >= 4 is 45.1 Å². The Balaban J connectivity index is 1.60. The molecule has 1 atom stereocenters. The molecule has 2 aromatic carbocycles. The van der Waals surface area contributed by atoms with Gasteiger partial charge in [0.25, 0.3) is 5.91 Å². The first-order valence-corrected chi connectivity index (χ1v) is 13.3. The molecule has 2 aliphatic rings. The van der Waals surface area contributed by atoms with Gasteiger partial charge >= 0.3 is 5.97 Å². The third kappa shape index (κ3) is 5.20. The number of phenols is 1. The van der Waals surface area contributed by atoms with Crippen LogP contribution in [-0.4, -0.2) is 65.4 Å². The first-order valence-electron chi connectivity index (χ1n) is 11.1. The van der Waals surface area contributed by atoms with Crippen LogP contribution in [0.3, 0.4) is 0 Å². The van der Waals surface area contributed by atoms with Gasteiger partial charge in [-0.2, -0.15) is 4.31 Å². The number of aromatic hydroxyl groups is 1. The summed E-state index contributed by atoms with van der Waals surface area (Å²) < 4.78 is 33.2. The van der Waals surface area contributed by atoms with E-state index >= 15 is 0 Å². The minimum Gasteiger partial charge on any atom is -0.507 e. The number of rotatable bonds is 6. The van der Waals surface area contributed by atoms with Crippen molar-refractivity contribution in [2.24, 2.45) is 0 Å². The summed E-state index contributed by atoms with van der Waals surface area (Å²) >= 11 is 12.7. The summed E-state index contributed by atoms with van der Waals surface area (Å²) in [5.74, 6) is -1.92. The molecule has 0 unspecified atom stereocenters. The van der Waals surface area contributed by atoms with E-state index in [2.05, 4.69) is 0 Å². The molecule has 4 rings (SSSR count). The summed E-state index contributed by atoms with van der Waals surface area (Å²) in [5, 5.41) is 19.6. The van der Waals surface area contributed by atoms with Crippen LogP contribution in [0.5, 0.6) is 17.2 Å². The summed E-state index contributed by atoms with van der Waals surface area (Å²) in [7, 11) is -3.93. The number of amides is 1. The number of phenolic OH excluding ortho intramolecular Hbond substituents is 1. The molecular weight excluding hydrogens is 519 g/mol. The smallest absolute Gasteiger partial charge is 0.326 e. The van der Waals surface area contributed by atoms with E-state index in [1.54, 1.807) is 0 Å². The Morgan fingerprint density at radius 1 is 0.971 bits per heavy atom. The lowest BCUT2D eigenvalue weighted by Gasteiger charge is -2.26. The molecule has 2 fully saturated rings. The Bertz CT molecular complexity index is 1240. The Kier molecular flexibility index (Phi) is 7.46. The van der Waals surface area contributed by atoms with Crippen molar-refractivity contribution in [2.45, 2.75) is 43.0 Å². The molecule has 2 aliphatic heterocycles. The Morgan fingerprint density at radius 2 is 1.63 bits per heavy atom. The zero-order chi connectivity index (χ0) is 25.3. The van der Waals surface area contributed by atoms with Gasteiger partial charge < -0.3 is 19.8 Å². The molecule has 0 radical (unpaired) electrons. The van der Waals surface area contributed by atoms with E-state index < -0.39 is 33.7 Å². The number of hydrogen-bond acceptors (Lipinski definition) is 6. The van der Waals surface area contributed by atoms with Crippen LogP contribution in [0.25, 0.3) is 0 Å². The molecule has 35 heavy (non-hydrogen) atoms. The number of nitrogens with zero attached hydrogens (tertiary/aromatic N) is 2. The highest BCUT2D eigenvalue weighted by molar-refractivity contribution is 7.89. The van der Waals surface area contributed by atoms with Gasteiger partial charge in [0.05, 0.1) is 10.0 Å². The normalized spacial score (nSPS) is 19.0. The van der Waals surface area contributed by atoms with E-state index in [0.29, 0.717) is 32.5 Å². The Hall–Kier alpha value is -2.53. The van der Waals surface area contributed by atoms with Gasteiger partial charge in [-0.3, -0.25) is 4.79 Å². The fraction of sp³-hybridized carbons (Fsp3) is 0.391. The topological polar surface area (TPSA) is 124 Å². The van der Waals surface area contributed by atoms with Gasteiger partial charge in [-0.1, -0.05) is 29.6 Å². The molecule has 0 bridgehead atoms. The summed E-state index contributed by atoms with van der Waals surface area (Å²) in [6.45, 7) is 1.06. The van der Waals surface area contributed by atoms with Crippen molar-refractivity contribution in [1.82, 2.24) is 9.21 Å². The molecule has 9 nitrogen and oxygen atoms in total. The first-order chi connectivity index (χ1) is 16.6. The average Bonchev–Trinajstić information content (AvgIpc) is 3.32. The number of piperidine rings is 1. The average molecular weight is 543 g/mol. The third-order valence-corrected chi connectivity index (χ3v) is 8.62. The predicted molar refractivity (Wildman–Crippen MR) is 129 cm³/mol. The molecule has 0 aliphatic carbocycles. The quantitative estimate of drug-likeness (QED) is 0.555. The minimum absolute atomic E-state index is 0.00639. The van der Waals surface area contributed by atoms with Crippen LogP contribution in [-0.2, 0) is 14.8 Å². The van der Waals surface area contributed by atoms with Crippen molar-refractivity contribution in [2.75, 3.05) is 19.6 Å². The molecule has 2 N–H and O–H groups in total. The predicted octanol–water partition coefficient (Wildman–Crippen LogP) is 4.36. The van der Waals surface area contributed by atoms with Crippen LogP contribution in [0.1, 0.15) is 42.5 Å². The second-order valence-electron chi connectivity index (χ2n) is 8.46. The highest BCUT2D eigenvalue weighted by Crippen LogP contribution is 2.40. The lowest BCUT2D eigenvalue weighted by Crippen LogP contribution is -2.40. The van der Waals surface area contributed by atoms with E-state index in [-0.39, 0.29) is 32.0 Å². The minimum atomic E-state index is -3.93. The Labute approximate surface area is 212 Å². The van der Waals surface area contributed by atoms with Gasteiger partial charge in [0.1, 0.15) is 22.4 Å². The van der Waals surface area contributed by atoms with Crippen LogP contribution >= 0.6 is 23.2 Å². The molecule has 2 saturated heterocycles. The molecule has 0 saturated carbocycles. The number of likely N-dealkylation sites (tertiary alicyclic amines) is 1. The molecular formula is C23H24Cl2N2O7S. The highest BCUT2D eigenvalue weighted by Gasteiger charge is 2.35. The maximum absolute atomic E-state index is 13.0. The number of aliphatic carboxylic acids is 1. The summed E-state index contributed by atoms with van der Waals surface area (Å²) in [6.07, 6.45) is 3.39. The second kappa shape index (κ2) is 10.2. The number of carbonyl (C=O) groups is 2. The number of carboxylic acids is 1. The van der Waals surface area contributed by atoms with E-state index in [0.717, 1.165) is 19.3 Å². The molecule has 2 heterocycles. The van der Waals surface area contributed by atoms with Crippen LogP contribution in [0.15, 0.2) is 35.2 Å². The molecule has 0 aromatic heterocycles. The number of halogens is 2. The van der Waals surface area contributed by atoms with Gasteiger partial charge in [-0.25, -0.2) is 13.2 Å². The number of ether oxygens (including phenoxy) is 1. The van der Waals surface area contributed by atoms with Crippen molar-refractivity contribution in [3.8, 4) is 17.2 Å². The zero-order valence-corrected chi connectivity index (χ0v) is 20.9.